The van der Waals surface area contributed by atoms with Crippen LogP contribution < -0.4 is 5.32 Å². The number of aryl methyl sites for hydroxylation is 1. The lowest BCUT2D eigenvalue weighted by Gasteiger charge is -2.23. The molecule has 0 unspecified atom stereocenters. The molecule has 124 valence electrons. The highest BCUT2D eigenvalue weighted by Crippen LogP contribution is 2.61. The van der Waals surface area contributed by atoms with Crippen molar-refractivity contribution in [2.24, 2.45) is 23.4 Å². The molecule has 22 heavy (non-hydrogen) atoms. The van der Waals surface area contributed by atoms with Crippen molar-refractivity contribution >= 4 is 29.9 Å². The molecule has 2 saturated carbocycles. The first kappa shape index (κ1) is 17.6. The number of aromatic nitrogens is 1. The molecular formula is C17H29IN4. The van der Waals surface area contributed by atoms with Crippen LogP contribution in [0.1, 0.15) is 38.3 Å². The van der Waals surface area contributed by atoms with Gasteiger partial charge in [0.25, 0.3) is 0 Å². The maximum absolute atomic E-state index is 4.94. The number of hydrogen-bond acceptors (Lipinski definition) is 1. The zero-order valence-electron chi connectivity index (χ0n) is 14.0. The van der Waals surface area contributed by atoms with Crippen molar-refractivity contribution in [2.75, 3.05) is 20.1 Å². The van der Waals surface area contributed by atoms with E-state index in [-0.39, 0.29) is 24.0 Å². The fourth-order valence-corrected chi connectivity index (χ4v) is 3.23. The van der Waals surface area contributed by atoms with E-state index in [4.69, 9.17) is 4.99 Å². The molecule has 1 aromatic rings. The molecule has 0 radical (unpaired) electrons. The van der Waals surface area contributed by atoms with Crippen LogP contribution in [0, 0.1) is 11.3 Å². The zero-order valence-corrected chi connectivity index (χ0v) is 16.3. The van der Waals surface area contributed by atoms with Crippen LogP contribution >= 0.6 is 24.0 Å². The Balaban J connectivity index is 0.00000176. The Bertz CT molecular complexity index is 514. The summed E-state index contributed by atoms with van der Waals surface area (Å²) in [4.78, 5) is 7.18. The van der Waals surface area contributed by atoms with E-state index in [2.05, 4.69) is 54.1 Å². The number of guanidine groups is 1. The third-order valence-corrected chi connectivity index (χ3v) is 5.03. The van der Waals surface area contributed by atoms with Crippen LogP contribution in [-0.2, 0) is 13.6 Å². The Hall–Kier alpha value is -0.720. The maximum Gasteiger partial charge on any atom is 0.194 e. The van der Waals surface area contributed by atoms with Crippen LogP contribution in [0.15, 0.2) is 23.3 Å². The maximum atomic E-state index is 4.94. The van der Waals surface area contributed by atoms with Crippen molar-refractivity contribution < 1.29 is 0 Å². The minimum absolute atomic E-state index is 0. The van der Waals surface area contributed by atoms with E-state index in [1.165, 1.54) is 31.4 Å². The fourth-order valence-electron chi connectivity index (χ4n) is 3.23. The monoisotopic (exact) mass is 416 g/mol. The lowest BCUT2D eigenvalue weighted by molar-refractivity contribution is 0.432. The quantitative estimate of drug-likeness (QED) is 0.439. The van der Waals surface area contributed by atoms with E-state index in [9.17, 15) is 0 Å². The van der Waals surface area contributed by atoms with Gasteiger partial charge in [-0.25, -0.2) is 0 Å². The average molecular weight is 416 g/mol. The fraction of sp³-hybridized carbons (Fsp3) is 0.706. The number of halogens is 1. The van der Waals surface area contributed by atoms with E-state index < -0.39 is 0 Å². The van der Waals surface area contributed by atoms with Crippen LogP contribution in [0.4, 0.5) is 0 Å². The van der Waals surface area contributed by atoms with E-state index in [1.807, 2.05) is 0 Å². The van der Waals surface area contributed by atoms with Gasteiger partial charge in [0.05, 0.1) is 6.54 Å². The largest absolute Gasteiger partial charge is 0.357 e. The predicted molar refractivity (Wildman–Crippen MR) is 103 cm³/mol. The molecule has 2 fully saturated rings. The molecule has 0 atom stereocenters. The van der Waals surface area contributed by atoms with Gasteiger partial charge in [-0.2, -0.15) is 0 Å². The van der Waals surface area contributed by atoms with Crippen LogP contribution in [0.2, 0.25) is 0 Å². The van der Waals surface area contributed by atoms with Crippen LogP contribution in [0.3, 0.4) is 0 Å². The molecule has 0 spiro atoms. The molecular weight excluding hydrogens is 387 g/mol. The van der Waals surface area contributed by atoms with Gasteiger partial charge in [0.1, 0.15) is 0 Å². The van der Waals surface area contributed by atoms with E-state index in [0.29, 0.717) is 5.41 Å². The standard InChI is InChI=1S/C17H28N4.HI/c1-4-18-16(19-13-17(9-10-17)14-7-8-14)21(3)12-15-6-5-11-20(15)2;/h5-6,11,14H,4,7-10,12-13H2,1-3H3,(H,18,19);1H. The molecule has 0 bridgehead atoms. The average Bonchev–Trinajstić information content (AvgIpc) is 3.35. The summed E-state index contributed by atoms with van der Waals surface area (Å²) >= 11 is 0. The second kappa shape index (κ2) is 7.23. The van der Waals surface area contributed by atoms with Crippen molar-refractivity contribution in [1.29, 1.82) is 0 Å². The SMILES string of the molecule is CCNC(=NCC1(C2CC2)CC1)N(C)Cc1cccn1C.I. The zero-order chi connectivity index (χ0) is 14.9. The molecule has 5 heteroatoms. The lowest BCUT2D eigenvalue weighted by Crippen LogP contribution is -2.39. The number of hydrogen-bond donors (Lipinski definition) is 1. The molecule has 1 heterocycles. The van der Waals surface area contributed by atoms with Crippen molar-refractivity contribution in [2.45, 2.75) is 39.2 Å². The Morgan fingerprint density at radius 1 is 1.45 bits per heavy atom. The van der Waals surface area contributed by atoms with Gasteiger partial charge in [-0.1, -0.05) is 0 Å². The highest BCUT2D eigenvalue weighted by molar-refractivity contribution is 14.0. The van der Waals surface area contributed by atoms with E-state index >= 15 is 0 Å². The minimum Gasteiger partial charge on any atom is -0.357 e. The van der Waals surface area contributed by atoms with Gasteiger partial charge >= 0.3 is 0 Å². The summed E-state index contributed by atoms with van der Waals surface area (Å²) in [5.74, 6) is 2.02. The van der Waals surface area contributed by atoms with Crippen LogP contribution in [-0.4, -0.2) is 35.6 Å². The summed E-state index contributed by atoms with van der Waals surface area (Å²) in [6.45, 7) is 4.97. The molecule has 2 aliphatic rings. The molecule has 3 rings (SSSR count). The van der Waals surface area contributed by atoms with Crippen molar-refractivity contribution in [3.8, 4) is 0 Å². The first-order valence-corrected chi connectivity index (χ1v) is 8.24. The second-order valence-corrected chi connectivity index (χ2v) is 6.77. The lowest BCUT2D eigenvalue weighted by atomic mass is 10.0. The number of rotatable bonds is 6. The van der Waals surface area contributed by atoms with Crippen molar-refractivity contribution in [3.05, 3.63) is 24.0 Å². The molecule has 4 nitrogen and oxygen atoms in total. The Morgan fingerprint density at radius 2 is 2.18 bits per heavy atom. The molecule has 0 aliphatic heterocycles. The van der Waals surface area contributed by atoms with Crippen LogP contribution in [0.25, 0.3) is 0 Å². The highest BCUT2D eigenvalue weighted by atomic mass is 127. The molecule has 0 amide bonds. The summed E-state index contributed by atoms with van der Waals surface area (Å²) in [6, 6.07) is 4.27. The van der Waals surface area contributed by atoms with E-state index in [0.717, 1.165) is 31.5 Å². The van der Waals surface area contributed by atoms with Gasteiger partial charge in [-0.3, -0.25) is 4.99 Å². The third-order valence-electron chi connectivity index (χ3n) is 5.03. The summed E-state index contributed by atoms with van der Waals surface area (Å²) in [7, 11) is 4.23. The minimum atomic E-state index is 0. The third kappa shape index (κ3) is 3.97. The molecule has 1 N–H and O–H groups in total. The Kier molecular flexibility index (Phi) is 5.80. The second-order valence-electron chi connectivity index (χ2n) is 6.77. The molecule has 0 saturated heterocycles. The predicted octanol–water partition coefficient (Wildman–Crippen LogP) is 3.23. The highest BCUT2D eigenvalue weighted by Gasteiger charge is 2.53. The molecule has 2 aliphatic carbocycles. The molecule has 1 aromatic heterocycles. The normalized spacial score (nSPS) is 19.5. The van der Waals surface area contributed by atoms with Crippen molar-refractivity contribution in [3.63, 3.8) is 0 Å². The van der Waals surface area contributed by atoms with Crippen LogP contribution in [0.5, 0.6) is 0 Å². The first-order valence-electron chi connectivity index (χ1n) is 8.24. The van der Waals surface area contributed by atoms with Crippen molar-refractivity contribution in [1.82, 2.24) is 14.8 Å². The first-order chi connectivity index (χ1) is 10.1. The smallest absolute Gasteiger partial charge is 0.194 e. The summed E-state index contributed by atoms with van der Waals surface area (Å²) < 4.78 is 2.17. The molecule has 0 aromatic carbocycles. The Labute approximate surface area is 151 Å². The van der Waals surface area contributed by atoms with Gasteiger partial charge in [0.15, 0.2) is 5.96 Å². The Morgan fingerprint density at radius 3 is 2.68 bits per heavy atom. The van der Waals surface area contributed by atoms with Gasteiger partial charge in [0.2, 0.25) is 0 Å². The number of nitrogens with one attached hydrogen (secondary N) is 1. The topological polar surface area (TPSA) is 32.6 Å². The summed E-state index contributed by atoms with van der Waals surface area (Å²) in [5, 5.41) is 3.44. The summed E-state index contributed by atoms with van der Waals surface area (Å²) in [5.41, 5.74) is 1.89. The number of aliphatic imine (C=N–C) groups is 1. The van der Waals surface area contributed by atoms with Gasteiger partial charge in [-0.05, 0) is 56.1 Å². The summed E-state index contributed by atoms with van der Waals surface area (Å²) in [6.07, 6.45) is 7.75. The van der Waals surface area contributed by atoms with E-state index in [1.54, 1.807) is 0 Å². The number of nitrogens with zero attached hydrogens (tertiary/aromatic N) is 3. The van der Waals surface area contributed by atoms with Gasteiger partial charge in [0, 0.05) is 39.1 Å². The van der Waals surface area contributed by atoms with Gasteiger partial charge in [-0.15, -0.1) is 24.0 Å². The van der Waals surface area contributed by atoms with Gasteiger partial charge < -0.3 is 14.8 Å².